The molecule has 0 amide bonds. The first-order chi connectivity index (χ1) is 18.8. The second-order valence-corrected chi connectivity index (χ2v) is 10.7. The monoisotopic (exact) mass is 522 g/mol. The average molecular weight is 523 g/mol. The van der Waals surface area contributed by atoms with Gasteiger partial charge in [0.15, 0.2) is 0 Å². The van der Waals surface area contributed by atoms with Crippen LogP contribution in [0.3, 0.4) is 0 Å². The predicted molar refractivity (Wildman–Crippen MR) is 154 cm³/mol. The number of hydrogen-bond donors (Lipinski definition) is 0. The number of rotatable bonds is 16. The van der Waals surface area contributed by atoms with Crippen molar-refractivity contribution in [3.63, 3.8) is 0 Å². The second kappa shape index (κ2) is 16.2. The van der Waals surface area contributed by atoms with Gasteiger partial charge in [-0.05, 0) is 61.0 Å². The lowest BCUT2D eigenvalue weighted by Gasteiger charge is -2.41. The normalized spacial score (nSPS) is 21.2. The lowest BCUT2D eigenvalue weighted by Crippen LogP contribution is -2.54. The number of hydrogen-bond acceptors (Lipinski definition) is 5. The summed E-state index contributed by atoms with van der Waals surface area (Å²) in [6.07, 6.45) is 14.5. The van der Waals surface area contributed by atoms with E-state index in [4.69, 9.17) is 23.5 Å². The van der Waals surface area contributed by atoms with Crippen LogP contribution < -0.4 is 14.9 Å². The van der Waals surface area contributed by atoms with Crippen molar-refractivity contribution in [3.8, 4) is 11.5 Å². The molecular formula is C32H47BO5. The van der Waals surface area contributed by atoms with Crippen molar-refractivity contribution in [2.75, 3.05) is 19.8 Å². The van der Waals surface area contributed by atoms with E-state index in [0.29, 0.717) is 6.61 Å². The van der Waals surface area contributed by atoms with E-state index in [0.717, 1.165) is 55.9 Å². The first-order valence-corrected chi connectivity index (χ1v) is 15.1. The van der Waals surface area contributed by atoms with Crippen LogP contribution in [0.1, 0.15) is 103 Å². The van der Waals surface area contributed by atoms with Crippen LogP contribution in [0, 0.1) is 0 Å². The lowest BCUT2D eigenvalue weighted by molar-refractivity contribution is -0.150. The highest BCUT2D eigenvalue weighted by atomic mass is 16.6. The van der Waals surface area contributed by atoms with Gasteiger partial charge >= 0.3 is 7.12 Å². The molecule has 2 heterocycles. The zero-order chi connectivity index (χ0) is 26.4. The van der Waals surface area contributed by atoms with E-state index in [1.807, 2.05) is 12.1 Å². The molecule has 38 heavy (non-hydrogen) atoms. The van der Waals surface area contributed by atoms with Crippen LogP contribution in [0.2, 0.25) is 0 Å². The SMILES string of the molecule is CCCCCCCCOc1ccc([C@H]2CC[C@@H]3OB(c4ccc(OCCCCCC)cc4)OC[C@H]3O2)cc1. The quantitative estimate of drug-likeness (QED) is 0.170. The van der Waals surface area contributed by atoms with E-state index in [1.54, 1.807) is 0 Å². The summed E-state index contributed by atoms with van der Waals surface area (Å²) in [4.78, 5) is 0. The molecule has 0 aliphatic carbocycles. The van der Waals surface area contributed by atoms with Crippen LogP contribution in [0.25, 0.3) is 0 Å². The summed E-state index contributed by atoms with van der Waals surface area (Å²) in [6.45, 7) is 6.58. The summed E-state index contributed by atoms with van der Waals surface area (Å²) in [5.41, 5.74) is 2.23. The van der Waals surface area contributed by atoms with Crippen LogP contribution in [-0.2, 0) is 14.0 Å². The van der Waals surface area contributed by atoms with E-state index in [2.05, 4.69) is 50.2 Å². The minimum atomic E-state index is -0.349. The molecule has 2 aromatic carbocycles. The molecule has 2 aromatic rings. The van der Waals surface area contributed by atoms with Gasteiger partial charge in [0.05, 0.1) is 32.0 Å². The van der Waals surface area contributed by atoms with E-state index in [1.165, 1.54) is 56.9 Å². The van der Waals surface area contributed by atoms with Crippen LogP contribution in [0.15, 0.2) is 48.5 Å². The van der Waals surface area contributed by atoms with Crippen molar-refractivity contribution in [1.29, 1.82) is 0 Å². The van der Waals surface area contributed by atoms with E-state index < -0.39 is 0 Å². The largest absolute Gasteiger partial charge is 0.494 e. The summed E-state index contributed by atoms with van der Waals surface area (Å²) in [5, 5.41) is 0. The Hall–Kier alpha value is -2.02. The molecule has 0 unspecified atom stereocenters. The lowest BCUT2D eigenvalue weighted by atomic mass is 9.76. The minimum Gasteiger partial charge on any atom is -0.494 e. The van der Waals surface area contributed by atoms with Crippen LogP contribution in [-0.4, -0.2) is 39.1 Å². The molecule has 208 valence electrons. The van der Waals surface area contributed by atoms with Crippen LogP contribution in [0.5, 0.6) is 11.5 Å². The number of unbranched alkanes of at least 4 members (excludes halogenated alkanes) is 8. The highest BCUT2D eigenvalue weighted by Crippen LogP contribution is 2.35. The molecule has 0 N–H and O–H groups in total. The van der Waals surface area contributed by atoms with Gasteiger partial charge in [-0.2, -0.15) is 0 Å². The van der Waals surface area contributed by atoms with Crippen molar-refractivity contribution in [2.45, 2.75) is 109 Å². The molecule has 0 spiro atoms. The predicted octanol–water partition coefficient (Wildman–Crippen LogP) is 7.42. The molecule has 3 atom stereocenters. The van der Waals surface area contributed by atoms with Gasteiger partial charge < -0.3 is 23.5 Å². The van der Waals surface area contributed by atoms with Gasteiger partial charge in [0.25, 0.3) is 0 Å². The molecule has 5 nitrogen and oxygen atoms in total. The van der Waals surface area contributed by atoms with Gasteiger partial charge in [-0.3, -0.25) is 0 Å². The smallest absolute Gasteiger partial charge is 0.494 e. The molecular weight excluding hydrogens is 475 g/mol. The third-order valence-corrected chi connectivity index (χ3v) is 7.61. The highest BCUT2D eigenvalue weighted by Gasteiger charge is 2.41. The fourth-order valence-electron chi connectivity index (χ4n) is 5.26. The number of ether oxygens (including phenoxy) is 3. The Balaban J connectivity index is 1.17. The van der Waals surface area contributed by atoms with E-state index >= 15 is 0 Å². The molecule has 6 heteroatoms. The van der Waals surface area contributed by atoms with Gasteiger partial charge in [-0.1, -0.05) is 89.5 Å². The number of benzene rings is 2. The van der Waals surface area contributed by atoms with Gasteiger partial charge in [0, 0.05) is 0 Å². The summed E-state index contributed by atoms with van der Waals surface area (Å²) in [5.74, 6) is 1.85. The molecule has 2 aliphatic rings. The Labute approximate surface area is 230 Å². The molecule has 2 aliphatic heterocycles. The molecule has 2 saturated heterocycles. The Morgan fingerprint density at radius 3 is 1.92 bits per heavy atom. The topological polar surface area (TPSA) is 46.2 Å². The fourth-order valence-corrected chi connectivity index (χ4v) is 5.26. The Bertz CT molecular complexity index is 903. The van der Waals surface area contributed by atoms with Crippen LogP contribution in [0.4, 0.5) is 0 Å². The standard InChI is InChI=1S/C32H47BO5/c1-3-5-7-9-10-12-24-34-28-17-13-26(14-18-28)30-21-22-31-32(37-30)25-36-33(38-31)27-15-19-29(20-16-27)35-23-11-8-6-4-2/h13-20,30-32H,3-12,21-25H2,1-2H3/t30-,31+,32-/m1/s1. The highest BCUT2D eigenvalue weighted by molar-refractivity contribution is 6.61. The summed E-state index contributed by atoms with van der Waals surface area (Å²) < 4.78 is 30.6. The third kappa shape index (κ3) is 9.03. The van der Waals surface area contributed by atoms with Crippen molar-refractivity contribution < 1.29 is 23.5 Å². The number of fused-ring (bicyclic) bond motifs is 1. The van der Waals surface area contributed by atoms with Gasteiger partial charge in [-0.25, -0.2) is 0 Å². The first kappa shape index (κ1) is 29.0. The molecule has 0 radical (unpaired) electrons. The third-order valence-electron chi connectivity index (χ3n) is 7.61. The zero-order valence-electron chi connectivity index (χ0n) is 23.6. The van der Waals surface area contributed by atoms with E-state index in [-0.39, 0.29) is 25.4 Å². The fraction of sp³-hybridized carbons (Fsp3) is 0.625. The summed E-state index contributed by atoms with van der Waals surface area (Å²) in [6, 6.07) is 16.6. The first-order valence-electron chi connectivity index (χ1n) is 15.1. The summed E-state index contributed by atoms with van der Waals surface area (Å²) >= 11 is 0. The second-order valence-electron chi connectivity index (χ2n) is 10.7. The summed E-state index contributed by atoms with van der Waals surface area (Å²) in [7, 11) is -0.349. The zero-order valence-corrected chi connectivity index (χ0v) is 23.6. The van der Waals surface area contributed by atoms with Crippen molar-refractivity contribution in [1.82, 2.24) is 0 Å². The molecule has 0 bridgehead atoms. The molecule has 0 saturated carbocycles. The van der Waals surface area contributed by atoms with Gasteiger partial charge in [0.2, 0.25) is 0 Å². The average Bonchev–Trinajstić information content (AvgIpc) is 2.97. The maximum absolute atomic E-state index is 6.43. The van der Waals surface area contributed by atoms with Crippen molar-refractivity contribution in [3.05, 3.63) is 54.1 Å². The maximum Gasteiger partial charge on any atom is 0.494 e. The van der Waals surface area contributed by atoms with Gasteiger partial charge in [0.1, 0.15) is 17.6 Å². The maximum atomic E-state index is 6.43. The van der Waals surface area contributed by atoms with E-state index in [9.17, 15) is 0 Å². The molecule has 2 fully saturated rings. The molecule has 4 rings (SSSR count). The Kier molecular flexibility index (Phi) is 12.3. The minimum absolute atomic E-state index is 0.0423. The van der Waals surface area contributed by atoms with Gasteiger partial charge in [-0.15, -0.1) is 0 Å². The van der Waals surface area contributed by atoms with Crippen molar-refractivity contribution >= 4 is 12.6 Å². The molecule has 0 aromatic heterocycles. The Morgan fingerprint density at radius 1 is 0.684 bits per heavy atom. The van der Waals surface area contributed by atoms with Crippen LogP contribution >= 0.6 is 0 Å². The van der Waals surface area contributed by atoms with Crippen molar-refractivity contribution in [2.24, 2.45) is 0 Å². The Morgan fingerprint density at radius 2 is 1.26 bits per heavy atom.